The number of hydrogen-bond donors (Lipinski definition) is 1. The van der Waals surface area contributed by atoms with Gasteiger partial charge in [0.15, 0.2) is 0 Å². The van der Waals surface area contributed by atoms with Crippen LogP contribution in [0.1, 0.15) is 92.0 Å². The molecule has 226 valence electrons. The summed E-state index contributed by atoms with van der Waals surface area (Å²) in [6.45, 7) is 12.2. The van der Waals surface area contributed by atoms with Gasteiger partial charge in [-0.1, -0.05) is 76.6 Å². The summed E-state index contributed by atoms with van der Waals surface area (Å²) in [4.78, 5) is 27.8. The lowest BCUT2D eigenvalue weighted by Crippen LogP contribution is -2.39. The Kier molecular flexibility index (Phi) is 7.88. The average Bonchev–Trinajstić information content (AvgIpc) is 3.45. The maximum absolute atomic E-state index is 14.0. The number of para-hydroxylation sites is 1. The first-order valence-corrected chi connectivity index (χ1v) is 16.4. The second-order valence-corrected chi connectivity index (χ2v) is 14.3. The Balaban J connectivity index is 1.40. The van der Waals surface area contributed by atoms with E-state index >= 15 is 0 Å². The van der Waals surface area contributed by atoms with E-state index in [9.17, 15) is 14.7 Å². The molecule has 2 fully saturated rings. The molecule has 0 saturated heterocycles. The first-order valence-electron chi connectivity index (χ1n) is 16.4. The Hall–Kier alpha value is -2.86. The number of fused-ring (bicyclic) bond motifs is 2. The molecule has 4 aliphatic rings. The largest absolute Gasteiger partial charge is 0.393 e. The van der Waals surface area contributed by atoms with Crippen LogP contribution in [0, 0.1) is 35.0 Å². The molecule has 1 aromatic carbocycles. The van der Waals surface area contributed by atoms with E-state index in [1.807, 2.05) is 30.3 Å². The van der Waals surface area contributed by atoms with Gasteiger partial charge in [-0.15, -0.1) is 0 Å². The monoisotopic (exact) mass is 571 g/mol. The summed E-state index contributed by atoms with van der Waals surface area (Å²) in [5, 5.41) is 10.5. The number of nitrogens with zero attached hydrogens (tertiary/aromatic N) is 3. The van der Waals surface area contributed by atoms with Gasteiger partial charge in [0.2, 0.25) is 0 Å². The third-order valence-corrected chi connectivity index (χ3v) is 11.5. The van der Waals surface area contributed by atoms with Gasteiger partial charge in [0, 0.05) is 0 Å². The lowest BCUT2D eigenvalue weighted by atomic mass is 9.61. The molecule has 1 aliphatic heterocycles. The molecule has 0 bridgehead atoms. The second kappa shape index (κ2) is 11.3. The standard InChI is InChI=1S/C36H49N3O3/c1-23(2)24(3)13-14-25(4)31-17-18-32-26(10-9-19-36(31,32)5)21-33-30-16-15-29(40)20-27(30)22-37-34(41)38(35(42)39(33)37)28-11-7-6-8-12-28/h6-8,11-14,21,23-25,29,31-33,40H,9-10,15-20,22H2,1-5H3/b14-13+,26-21?/t24-,25+,29?,31?,32?,33?,36+/m0/s1. The fourth-order valence-corrected chi connectivity index (χ4v) is 8.80. The molecule has 0 radical (unpaired) electrons. The van der Waals surface area contributed by atoms with Gasteiger partial charge in [-0.25, -0.2) is 23.5 Å². The van der Waals surface area contributed by atoms with Crippen molar-refractivity contribution in [1.82, 2.24) is 13.9 Å². The van der Waals surface area contributed by atoms with Gasteiger partial charge in [-0.05, 0) is 110 Å². The van der Waals surface area contributed by atoms with Gasteiger partial charge >= 0.3 is 11.4 Å². The zero-order valence-electron chi connectivity index (χ0n) is 26.1. The molecule has 6 heteroatoms. The second-order valence-electron chi connectivity index (χ2n) is 14.3. The summed E-state index contributed by atoms with van der Waals surface area (Å²) in [7, 11) is 0. The normalized spacial score (nSPS) is 31.8. The Bertz CT molecular complexity index is 1520. The molecular weight excluding hydrogens is 522 g/mol. The highest BCUT2D eigenvalue weighted by atomic mass is 16.3. The maximum Gasteiger partial charge on any atom is 0.352 e. The quantitative estimate of drug-likeness (QED) is 0.387. The van der Waals surface area contributed by atoms with E-state index in [-0.39, 0.29) is 28.9 Å². The minimum absolute atomic E-state index is 0.240. The van der Waals surface area contributed by atoms with E-state index in [2.05, 4.69) is 52.8 Å². The minimum atomic E-state index is -0.385. The smallest absolute Gasteiger partial charge is 0.352 e. The molecule has 0 amide bonds. The molecule has 2 aromatic rings. The number of aromatic nitrogens is 3. The van der Waals surface area contributed by atoms with Crippen molar-refractivity contribution in [1.29, 1.82) is 0 Å². The van der Waals surface area contributed by atoms with Crippen molar-refractivity contribution in [2.24, 2.45) is 35.0 Å². The number of aliphatic hydroxyl groups excluding tert-OH is 1. The summed E-state index contributed by atoms with van der Waals surface area (Å²) < 4.78 is 4.69. The Labute approximate surface area is 250 Å². The molecule has 6 rings (SSSR count). The Morgan fingerprint density at radius 1 is 0.976 bits per heavy atom. The van der Waals surface area contributed by atoms with E-state index in [1.54, 1.807) is 9.36 Å². The van der Waals surface area contributed by atoms with Crippen molar-refractivity contribution in [3.05, 3.63) is 86.2 Å². The third-order valence-electron chi connectivity index (χ3n) is 11.5. The lowest BCUT2D eigenvalue weighted by molar-refractivity contribution is 0.111. The van der Waals surface area contributed by atoms with Crippen LogP contribution < -0.4 is 11.4 Å². The zero-order valence-corrected chi connectivity index (χ0v) is 26.1. The number of hydrogen-bond acceptors (Lipinski definition) is 3. The molecule has 0 spiro atoms. The van der Waals surface area contributed by atoms with Gasteiger partial charge in [0.05, 0.1) is 24.4 Å². The third kappa shape index (κ3) is 4.94. The summed E-state index contributed by atoms with van der Waals surface area (Å²) in [6.07, 6.45) is 14.9. The number of benzene rings is 1. The highest BCUT2D eigenvalue weighted by Gasteiger charge is 2.50. The molecule has 4 unspecified atom stereocenters. The number of allylic oxidation sites excluding steroid dienone is 5. The van der Waals surface area contributed by atoms with Crippen LogP contribution in [0.15, 0.2) is 74.9 Å². The van der Waals surface area contributed by atoms with Crippen molar-refractivity contribution < 1.29 is 5.11 Å². The molecular formula is C36H49N3O3. The van der Waals surface area contributed by atoms with Crippen LogP contribution in [-0.4, -0.2) is 25.1 Å². The van der Waals surface area contributed by atoms with E-state index in [4.69, 9.17) is 0 Å². The van der Waals surface area contributed by atoms with Gasteiger partial charge in [-0.2, -0.15) is 0 Å². The van der Waals surface area contributed by atoms with Crippen molar-refractivity contribution in [2.45, 2.75) is 105 Å². The Morgan fingerprint density at radius 3 is 2.48 bits per heavy atom. The molecule has 1 N–H and O–H groups in total. The molecule has 6 nitrogen and oxygen atoms in total. The van der Waals surface area contributed by atoms with Gasteiger partial charge in [-0.3, -0.25) is 0 Å². The lowest BCUT2D eigenvalue weighted by Gasteiger charge is -2.44. The summed E-state index contributed by atoms with van der Waals surface area (Å²) in [5.74, 6) is 2.92. The van der Waals surface area contributed by atoms with Gasteiger partial charge < -0.3 is 5.11 Å². The number of rotatable bonds is 6. The van der Waals surface area contributed by atoms with Crippen LogP contribution in [-0.2, 0) is 6.54 Å². The van der Waals surface area contributed by atoms with Gasteiger partial charge in [0.1, 0.15) is 0 Å². The van der Waals surface area contributed by atoms with Gasteiger partial charge in [0.25, 0.3) is 0 Å². The van der Waals surface area contributed by atoms with Crippen LogP contribution in [0.4, 0.5) is 0 Å². The van der Waals surface area contributed by atoms with E-state index in [0.29, 0.717) is 54.7 Å². The summed E-state index contributed by atoms with van der Waals surface area (Å²) >= 11 is 0. The molecule has 2 heterocycles. The predicted octanol–water partition coefficient (Wildman–Crippen LogP) is 6.82. The predicted molar refractivity (Wildman–Crippen MR) is 169 cm³/mol. The Morgan fingerprint density at radius 2 is 1.74 bits per heavy atom. The zero-order chi connectivity index (χ0) is 29.8. The van der Waals surface area contributed by atoms with Crippen molar-refractivity contribution in [3.63, 3.8) is 0 Å². The fourth-order valence-electron chi connectivity index (χ4n) is 8.80. The maximum atomic E-state index is 14.0. The van der Waals surface area contributed by atoms with Crippen molar-refractivity contribution >= 4 is 0 Å². The number of aliphatic hydroxyl groups is 1. The van der Waals surface area contributed by atoms with Crippen LogP contribution in [0.3, 0.4) is 0 Å². The highest BCUT2D eigenvalue weighted by molar-refractivity contribution is 5.35. The molecule has 1 aromatic heterocycles. The topological polar surface area (TPSA) is 69.2 Å². The van der Waals surface area contributed by atoms with Crippen LogP contribution >= 0.6 is 0 Å². The van der Waals surface area contributed by atoms with E-state index < -0.39 is 0 Å². The summed E-state index contributed by atoms with van der Waals surface area (Å²) in [6, 6.07) is 8.99. The van der Waals surface area contributed by atoms with Crippen LogP contribution in [0.5, 0.6) is 0 Å². The average molecular weight is 572 g/mol. The first-order chi connectivity index (χ1) is 20.1. The van der Waals surface area contributed by atoms with Crippen molar-refractivity contribution in [3.8, 4) is 5.69 Å². The fraction of sp³-hybridized carbons (Fsp3) is 0.611. The molecule has 2 saturated carbocycles. The minimum Gasteiger partial charge on any atom is -0.393 e. The SMILES string of the molecule is CC(C)[C@@H](C)/C=C/[C@@H](C)C1CCC2C(=CC3C4=C(CC(O)CC4)Cn4c(=O)n(-c5ccccc5)c(=O)n43)CCC[C@@]21C. The molecule has 7 atom stereocenters. The highest BCUT2D eigenvalue weighted by Crippen LogP contribution is 2.60. The van der Waals surface area contributed by atoms with E-state index in [0.717, 1.165) is 24.8 Å². The first kappa shape index (κ1) is 29.2. The van der Waals surface area contributed by atoms with Crippen LogP contribution in [0.2, 0.25) is 0 Å². The van der Waals surface area contributed by atoms with Crippen LogP contribution in [0.25, 0.3) is 5.69 Å². The molecule has 42 heavy (non-hydrogen) atoms. The van der Waals surface area contributed by atoms with Crippen molar-refractivity contribution in [2.75, 3.05) is 0 Å². The molecule has 3 aliphatic carbocycles. The van der Waals surface area contributed by atoms with E-state index in [1.165, 1.54) is 35.0 Å². The summed E-state index contributed by atoms with van der Waals surface area (Å²) in [5.41, 5.74) is 4.11.